The monoisotopic (exact) mass is 443 g/mol. The Balaban J connectivity index is 1.49. The first-order chi connectivity index (χ1) is 13.7. The van der Waals surface area contributed by atoms with E-state index in [1.165, 1.54) is 23.4 Å². The fraction of sp³-hybridized carbons (Fsp3) is 0.650. The minimum atomic E-state index is -3.16. The zero-order valence-electron chi connectivity index (χ0n) is 17.1. The summed E-state index contributed by atoms with van der Waals surface area (Å²) >= 11 is 6.33. The molecule has 1 atom stereocenters. The largest absolute Gasteiger partial charge is 0.489 e. The van der Waals surface area contributed by atoms with Gasteiger partial charge in [0.25, 0.3) is 5.91 Å². The zero-order chi connectivity index (χ0) is 21.0. The Labute approximate surface area is 178 Å². The van der Waals surface area contributed by atoms with Crippen molar-refractivity contribution in [1.82, 2.24) is 14.5 Å². The van der Waals surface area contributed by atoms with Crippen LogP contribution in [0, 0.1) is 0 Å². The summed E-state index contributed by atoms with van der Waals surface area (Å²) in [6.45, 7) is 2.65. The Morgan fingerprint density at radius 2 is 1.97 bits per heavy atom. The summed E-state index contributed by atoms with van der Waals surface area (Å²) in [5.74, 6) is 0.383. The molecule has 0 aliphatic carbocycles. The van der Waals surface area contributed by atoms with Gasteiger partial charge in [-0.1, -0.05) is 11.6 Å². The highest BCUT2D eigenvalue weighted by Crippen LogP contribution is 2.29. The Morgan fingerprint density at radius 3 is 2.55 bits per heavy atom. The number of likely N-dealkylation sites (tertiary alicyclic amines) is 1. The van der Waals surface area contributed by atoms with E-state index in [-0.39, 0.29) is 12.0 Å². The van der Waals surface area contributed by atoms with Gasteiger partial charge in [-0.05, 0) is 63.9 Å². The molecule has 1 aromatic carbocycles. The van der Waals surface area contributed by atoms with Gasteiger partial charge in [0.05, 0.1) is 11.3 Å². The fourth-order valence-electron chi connectivity index (χ4n) is 4.00. The van der Waals surface area contributed by atoms with Crippen LogP contribution in [-0.2, 0) is 10.0 Å². The van der Waals surface area contributed by atoms with Gasteiger partial charge in [-0.25, -0.2) is 12.7 Å². The maximum Gasteiger partial charge on any atom is 0.251 e. The minimum absolute atomic E-state index is 0.0893. The van der Waals surface area contributed by atoms with Crippen LogP contribution in [-0.4, -0.2) is 75.2 Å². The van der Waals surface area contributed by atoms with Gasteiger partial charge in [-0.3, -0.25) is 4.79 Å². The molecule has 0 spiro atoms. The van der Waals surface area contributed by atoms with Gasteiger partial charge in [-0.2, -0.15) is 0 Å². The smallest absolute Gasteiger partial charge is 0.251 e. The topological polar surface area (TPSA) is 79.0 Å². The van der Waals surface area contributed by atoms with Gasteiger partial charge in [0.2, 0.25) is 10.0 Å². The van der Waals surface area contributed by atoms with Crippen LogP contribution in [0.15, 0.2) is 18.2 Å². The molecule has 2 saturated heterocycles. The second-order valence-corrected chi connectivity index (χ2v) is 10.3. The molecule has 1 N–H and O–H groups in total. The standard InChI is InChI=1S/C20H30ClN3O4S/c1-23-11-3-4-16(23)7-10-22-20(25)15-5-6-19(18(21)14-15)28-17-8-12-24(13-9-17)29(2,26)27/h5-6,14,16-17H,3-4,7-13H2,1-2H3,(H,22,25). The number of piperidine rings is 1. The summed E-state index contributed by atoms with van der Waals surface area (Å²) in [5, 5.41) is 3.35. The fourth-order valence-corrected chi connectivity index (χ4v) is 5.10. The summed E-state index contributed by atoms with van der Waals surface area (Å²) in [7, 11) is -1.03. The van der Waals surface area contributed by atoms with Crippen molar-refractivity contribution in [3.63, 3.8) is 0 Å². The normalized spacial score (nSPS) is 22.0. The molecule has 1 amide bonds. The third kappa shape index (κ3) is 6.07. The zero-order valence-corrected chi connectivity index (χ0v) is 18.6. The molecule has 9 heteroatoms. The van der Waals surface area contributed by atoms with E-state index in [1.807, 2.05) is 0 Å². The molecule has 1 aromatic rings. The predicted octanol–water partition coefficient (Wildman–Crippen LogP) is 2.36. The number of halogens is 1. The van der Waals surface area contributed by atoms with E-state index in [9.17, 15) is 13.2 Å². The number of carbonyl (C=O) groups is 1. The number of amides is 1. The summed E-state index contributed by atoms with van der Waals surface area (Å²) in [6.07, 6.45) is 5.72. The van der Waals surface area contributed by atoms with Crippen molar-refractivity contribution in [2.45, 2.75) is 44.2 Å². The van der Waals surface area contributed by atoms with E-state index in [4.69, 9.17) is 16.3 Å². The van der Waals surface area contributed by atoms with Crippen molar-refractivity contribution in [2.24, 2.45) is 0 Å². The van der Waals surface area contributed by atoms with E-state index >= 15 is 0 Å². The molecule has 2 aliphatic heterocycles. The summed E-state index contributed by atoms with van der Waals surface area (Å²) in [6, 6.07) is 5.60. The van der Waals surface area contributed by atoms with Crippen LogP contribution in [0.4, 0.5) is 0 Å². The highest BCUT2D eigenvalue weighted by molar-refractivity contribution is 7.88. The average molecular weight is 444 g/mol. The second-order valence-electron chi connectivity index (χ2n) is 7.95. The molecule has 162 valence electrons. The first kappa shape index (κ1) is 22.3. The van der Waals surface area contributed by atoms with Crippen molar-refractivity contribution in [3.05, 3.63) is 28.8 Å². The molecule has 7 nitrogen and oxygen atoms in total. The lowest BCUT2D eigenvalue weighted by Crippen LogP contribution is -2.41. The van der Waals surface area contributed by atoms with Gasteiger partial charge in [-0.15, -0.1) is 0 Å². The number of nitrogens with zero attached hydrogens (tertiary/aromatic N) is 2. The Kier molecular flexibility index (Phi) is 7.42. The quantitative estimate of drug-likeness (QED) is 0.699. The van der Waals surface area contributed by atoms with Crippen LogP contribution in [0.1, 0.15) is 42.5 Å². The minimum Gasteiger partial charge on any atom is -0.489 e. The van der Waals surface area contributed by atoms with E-state index in [2.05, 4.69) is 17.3 Å². The van der Waals surface area contributed by atoms with Crippen LogP contribution < -0.4 is 10.1 Å². The summed E-state index contributed by atoms with van der Waals surface area (Å²) in [4.78, 5) is 14.7. The van der Waals surface area contributed by atoms with Gasteiger partial charge >= 0.3 is 0 Å². The van der Waals surface area contributed by atoms with E-state index in [0.29, 0.717) is 54.9 Å². The molecule has 0 radical (unpaired) electrons. The van der Waals surface area contributed by atoms with E-state index in [1.54, 1.807) is 18.2 Å². The maximum atomic E-state index is 12.4. The molecule has 1 unspecified atom stereocenters. The molecule has 2 aliphatic rings. The number of nitrogens with one attached hydrogen (secondary N) is 1. The molecule has 0 aromatic heterocycles. The Morgan fingerprint density at radius 1 is 1.24 bits per heavy atom. The average Bonchev–Trinajstić information content (AvgIpc) is 3.08. The lowest BCUT2D eigenvalue weighted by atomic mass is 10.1. The lowest BCUT2D eigenvalue weighted by molar-refractivity contribution is 0.0950. The molecular weight excluding hydrogens is 414 g/mol. The van der Waals surface area contributed by atoms with Crippen molar-refractivity contribution in [3.8, 4) is 5.75 Å². The lowest BCUT2D eigenvalue weighted by Gasteiger charge is -2.30. The van der Waals surface area contributed by atoms with E-state index in [0.717, 1.165) is 13.0 Å². The summed E-state index contributed by atoms with van der Waals surface area (Å²) < 4.78 is 30.6. The van der Waals surface area contributed by atoms with Crippen LogP contribution in [0.2, 0.25) is 5.02 Å². The molecule has 0 bridgehead atoms. The number of carbonyl (C=O) groups excluding carboxylic acids is 1. The van der Waals surface area contributed by atoms with Crippen molar-refractivity contribution in [2.75, 3.05) is 39.5 Å². The van der Waals surface area contributed by atoms with Crippen LogP contribution in [0.3, 0.4) is 0 Å². The van der Waals surface area contributed by atoms with E-state index < -0.39 is 10.0 Å². The molecule has 2 heterocycles. The van der Waals surface area contributed by atoms with Crippen molar-refractivity contribution >= 4 is 27.5 Å². The molecule has 3 rings (SSSR count). The first-order valence-electron chi connectivity index (χ1n) is 10.1. The number of hydrogen-bond acceptors (Lipinski definition) is 5. The molecule has 2 fully saturated rings. The molecule has 29 heavy (non-hydrogen) atoms. The van der Waals surface area contributed by atoms with Gasteiger partial charge in [0, 0.05) is 31.2 Å². The van der Waals surface area contributed by atoms with Gasteiger partial charge in [0.15, 0.2) is 0 Å². The number of benzene rings is 1. The van der Waals surface area contributed by atoms with Gasteiger partial charge in [0.1, 0.15) is 11.9 Å². The van der Waals surface area contributed by atoms with Crippen LogP contribution in [0.5, 0.6) is 5.75 Å². The molecular formula is C20H30ClN3O4S. The van der Waals surface area contributed by atoms with Crippen LogP contribution in [0.25, 0.3) is 0 Å². The van der Waals surface area contributed by atoms with Gasteiger partial charge < -0.3 is 15.0 Å². The predicted molar refractivity (Wildman–Crippen MR) is 114 cm³/mol. The Hall–Kier alpha value is -1.35. The van der Waals surface area contributed by atoms with Crippen LogP contribution >= 0.6 is 11.6 Å². The summed E-state index contributed by atoms with van der Waals surface area (Å²) in [5.41, 5.74) is 0.508. The number of hydrogen-bond donors (Lipinski definition) is 1. The SMILES string of the molecule is CN1CCCC1CCNC(=O)c1ccc(OC2CCN(S(C)(=O)=O)CC2)c(Cl)c1. The second kappa shape index (κ2) is 9.64. The third-order valence-electron chi connectivity index (χ3n) is 5.79. The number of sulfonamides is 1. The number of ether oxygens (including phenoxy) is 1. The highest BCUT2D eigenvalue weighted by Gasteiger charge is 2.26. The number of rotatable bonds is 7. The third-order valence-corrected chi connectivity index (χ3v) is 7.39. The maximum absolute atomic E-state index is 12.4. The van der Waals surface area contributed by atoms with Crippen molar-refractivity contribution < 1.29 is 17.9 Å². The van der Waals surface area contributed by atoms with Crippen molar-refractivity contribution in [1.29, 1.82) is 0 Å². The highest BCUT2D eigenvalue weighted by atomic mass is 35.5. The Bertz CT molecular complexity index is 825. The molecule has 0 saturated carbocycles. The first-order valence-corrected chi connectivity index (χ1v) is 12.4.